The van der Waals surface area contributed by atoms with E-state index in [1.807, 2.05) is 0 Å². The maximum Gasteiger partial charge on any atom is 0.251 e. The SMILES string of the molecule is Cc1ccc(CNC(=O)c2ccc3c(c2)OCO3)cc1F. The lowest BCUT2D eigenvalue weighted by molar-refractivity contribution is 0.0950. The van der Waals surface area contributed by atoms with Gasteiger partial charge in [0.2, 0.25) is 6.79 Å². The molecule has 0 radical (unpaired) electrons. The Balaban J connectivity index is 1.67. The molecule has 1 heterocycles. The number of rotatable bonds is 3. The highest BCUT2D eigenvalue weighted by Gasteiger charge is 2.16. The van der Waals surface area contributed by atoms with Crippen LogP contribution in [0.2, 0.25) is 0 Å². The summed E-state index contributed by atoms with van der Waals surface area (Å²) in [5, 5.41) is 2.75. The largest absolute Gasteiger partial charge is 0.454 e. The van der Waals surface area contributed by atoms with Gasteiger partial charge in [0.1, 0.15) is 5.82 Å². The van der Waals surface area contributed by atoms with E-state index >= 15 is 0 Å². The quantitative estimate of drug-likeness (QED) is 0.944. The van der Waals surface area contributed by atoms with Crippen molar-refractivity contribution in [2.24, 2.45) is 0 Å². The number of fused-ring (bicyclic) bond motifs is 1. The number of hydrogen-bond donors (Lipinski definition) is 1. The molecule has 0 bridgehead atoms. The van der Waals surface area contributed by atoms with Crippen LogP contribution in [0.1, 0.15) is 21.5 Å². The van der Waals surface area contributed by atoms with E-state index in [0.29, 0.717) is 28.2 Å². The molecule has 0 aliphatic carbocycles. The van der Waals surface area contributed by atoms with Gasteiger partial charge in [-0.2, -0.15) is 0 Å². The molecular formula is C16H14FNO3. The molecule has 0 atom stereocenters. The molecule has 4 nitrogen and oxygen atoms in total. The average molecular weight is 287 g/mol. The Morgan fingerprint density at radius 1 is 1.19 bits per heavy atom. The fourth-order valence-corrected chi connectivity index (χ4v) is 2.07. The Morgan fingerprint density at radius 3 is 2.81 bits per heavy atom. The number of nitrogens with one attached hydrogen (secondary N) is 1. The second-order valence-corrected chi connectivity index (χ2v) is 4.83. The molecule has 2 aromatic carbocycles. The topological polar surface area (TPSA) is 47.6 Å². The van der Waals surface area contributed by atoms with Gasteiger partial charge in [0.15, 0.2) is 11.5 Å². The highest BCUT2D eigenvalue weighted by Crippen LogP contribution is 2.32. The van der Waals surface area contributed by atoms with Crippen LogP contribution < -0.4 is 14.8 Å². The number of halogens is 1. The van der Waals surface area contributed by atoms with E-state index < -0.39 is 0 Å². The molecule has 0 saturated heterocycles. The van der Waals surface area contributed by atoms with E-state index in [2.05, 4.69) is 5.32 Å². The van der Waals surface area contributed by atoms with Gasteiger partial charge in [-0.25, -0.2) is 4.39 Å². The molecule has 1 amide bonds. The van der Waals surface area contributed by atoms with Gasteiger partial charge in [0.05, 0.1) is 0 Å². The lowest BCUT2D eigenvalue weighted by atomic mass is 10.1. The minimum absolute atomic E-state index is 0.170. The van der Waals surface area contributed by atoms with Gasteiger partial charge in [-0.1, -0.05) is 12.1 Å². The van der Waals surface area contributed by atoms with E-state index in [-0.39, 0.29) is 25.1 Å². The highest BCUT2D eigenvalue weighted by molar-refractivity contribution is 5.94. The molecule has 21 heavy (non-hydrogen) atoms. The summed E-state index contributed by atoms with van der Waals surface area (Å²) in [6.45, 7) is 2.14. The summed E-state index contributed by atoms with van der Waals surface area (Å²) in [5.74, 6) is 0.676. The summed E-state index contributed by atoms with van der Waals surface area (Å²) in [4.78, 5) is 12.1. The summed E-state index contributed by atoms with van der Waals surface area (Å²) >= 11 is 0. The van der Waals surface area contributed by atoms with Crippen LogP contribution >= 0.6 is 0 Å². The number of carbonyl (C=O) groups excluding carboxylic acids is 1. The molecule has 1 N–H and O–H groups in total. The molecule has 1 aliphatic heterocycles. The molecule has 3 rings (SSSR count). The minimum atomic E-state index is -0.273. The molecular weight excluding hydrogens is 273 g/mol. The average Bonchev–Trinajstić information content (AvgIpc) is 2.95. The first-order valence-electron chi connectivity index (χ1n) is 6.56. The first-order valence-corrected chi connectivity index (χ1v) is 6.56. The summed E-state index contributed by atoms with van der Waals surface area (Å²) < 4.78 is 23.9. The van der Waals surface area contributed by atoms with Crippen LogP contribution in [-0.2, 0) is 6.54 Å². The third-order valence-corrected chi connectivity index (χ3v) is 3.32. The Hall–Kier alpha value is -2.56. The van der Waals surface area contributed by atoms with Crippen LogP contribution in [0.25, 0.3) is 0 Å². The van der Waals surface area contributed by atoms with Crippen molar-refractivity contribution in [1.82, 2.24) is 5.32 Å². The number of amides is 1. The Morgan fingerprint density at radius 2 is 2.00 bits per heavy atom. The summed E-state index contributed by atoms with van der Waals surface area (Å²) in [5.41, 5.74) is 1.78. The van der Waals surface area contributed by atoms with Gasteiger partial charge in [-0.05, 0) is 42.3 Å². The maximum absolute atomic E-state index is 13.4. The zero-order chi connectivity index (χ0) is 14.8. The van der Waals surface area contributed by atoms with Crippen LogP contribution in [0, 0.1) is 12.7 Å². The molecule has 0 fully saturated rings. The smallest absolute Gasteiger partial charge is 0.251 e. The van der Waals surface area contributed by atoms with E-state index in [9.17, 15) is 9.18 Å². The number of aryl methyl sites for hydroxylation is 1. The predicted molar refractivity (Wildman–Crippen MR) is 74.9 cm³/mol. The van der Waals surface area contributed by atoms with Gasteiger partial charge < -0.3 is 14.8 Å². The molecule has 0 aromatic heterocycles. The first kappa shape index (κ1) is 13.4. The summed E-state index contributed by atoms with van der Waals surface area (Å²) in [6.07, 6.45) is 0. The van der Waals surface area contributed by atoms with Gasteiger partial charge in [-0.15, -0.1) is 0 Å². The fraction of sp³-hybridized carbons (Fsp3) is 0.188. The minimum Gasteiger partial charge on any atom is -0.454 e. The van der Waals surface area contributed by atoms with E-state index in [0.717, 1.165) is 0 Å². The maximum atomic E-state index is 13.4. The van der Waals surface area contributed by atoms with Gasteiger partial charge in [0.25, 0.3) is 5.91 Å². The Labute approximate surface area is 121 Å². The van der Waals surface area contributed by atoms with Crippen molar-refractivity contribution in [1.29, 1.82) is 0 Å². The third-order valence-electron chi connectivity index (χ3n) is 3.32. The number of ether oxygens (including phenoxy) is 2. The molecule has 1 aliphatic rings. The van der Waals surface area contributed by atoms with E-state index in [4.69, 9.17) is 9.47 Å². The monoisotopic (exact) mass is 287 g/mol. The van der Waals surface area contributed by atoms with Crippen molar-refractivity contribution in [3.63, 3.8) is 0 Å². The van der Waals surface area contributed by atoms with Gasteiger partial charge in [0, 0.05) is 12.1 Å². The third kappa shape index (κ3) is 2.81. The van der Waals surface area contributed by atoms with Crippen LogP contribution in [0.4, 0.5) is 4.39 Å². The van der Waals surface area contributed by atoms with Crippen LogP contribution in [0.3, 0.4) is 0 Å². The molecule has 0 unspecified atom stereocenters. The molecule has 0 spiro atoms. The zero-order valence-corrected chi connectivity index (χ0v) is 11.5. The van der Waals surface area contributed by atoms with Crippen molar-refractivity contribution < 1.29 is 18.7 Å². The van der Waals surface area contributed by atoms with Crippen LogP contribution in [-0.4, -0.2) is 12.7 Å². The molecule has 5 heteroatoms. The normalized spacial score (nSPS) is 12.3. The second-order valence-electron chi connectivity index (χ2n) is 4.83. The standard InChI is InChI=1S/C16H14FNO3/c1-10-2-3-11(6-13(10)17)8-18-16(19)12-4-5-14-15(7-12)21-9-20-14/h2-7H,8-9H2,1H3,(H,18,19). The number of benzene rings is 2. The van der Waals surface area contributed by atoms with Crippen molar-refractivity contribution in [3.8, 4) is 11.5 Å². The first-order chi connectivity index (χ1) is 10.1. The lowest BCUT2D eigenvalue weighted by Gasteiger charge is -2.07. The fourth-order valence-electron chi connectivity index (χ4n) is 2.07. The van der Waals surface area contributed by atoms with E-state index in [1.165, 1.54) is 6.07 Å². The zero-order valence-electron chi connectivity index (χ0n) is 11.5. The molecule has 0 saturated carbocycles. The van der Waals surface area contributed by atoms with Crippen LogP contribution in [0.15, 0.2) is 36.4 Å². The van der Waals surface area contributed by atoms with Crippen molar-refractivity contribution in [2.75, 3.05) is 6.79 Å². The van der Waals surface area contributed by atoms with Gasteiger partial charge >= 0.3 is 0 Å². The van der Waals surface area contributed by atoms with Crippen LogP contribution in [0.5, 0.6) is 11.5 Å². The highest BCUT2D eigenvalue weighted by atomic mass is 19.1. The Bertz CT molecular complexity index is 700. The van der Waals surface area contributed by atoms with Gasteiger partial charge in [-0.3, -0.25) is 4.79 Å². The van der Waals surface area contributed by atoms with Crippen molar-refractivity contribution in [3.05, 3.63) is 58.9 Å². The number of hydrogen-bond acceptors (Lipinski definition) is 3. The molecule has 2 aromatic rings. The van der Waals surface area contributed by atoms with Crippen molar-refractivity contribution in [2.45, 2.75) is 13.5 Å². The number of carbonyl (C=O) groups is 1. The Kier molecular flexibility index (Phi) is 3.48. The predicted octanol–water partition coefficient (Wildman–Crippen LogP) is 2.79. The lowest BCUT2D eigenvalue weighted by Crippen LogP contribution is -2.22. The molecule has 108 valence electrons. The second kappa shape index (κ2) is 5.44. The summed E-state index contributed by atoms with van der Waals surface area (Å²) in [6, 6.07) is 9.90. The van der Waals surface area contributed by atoms with Crippen molar-refractivity contribution >= 4 is 5.91 Å². The summed E-state index contributed by atoms with van der Waals surface area (Å²) in [7, 11) is 0. The van der Waals surface area contributed by atoms with E-state index in [1.54, 1.807) is 37.3 Å².